The summed E-state index contributed by atoms with van der Waals surface area (Å²) in [5, 5.41) is 9.03. The fourth-order valence-corrected chi connectivity index (χ4v) is 1.40. The van der Waals surface area contributed by atoms with E-state index in [2.05, 4.69) is 4.74 Å². The van der Waals surface area contributed by atoms with Crippen molar-refractivity contribution >= 4 is 5.97 Å². The van der Waals surface area contributed by atoms with E-state index in [-0.39, 0.29) is 18.9 Å². The lowest BCUT2D eigenvalue weighted by atomic mass is 9.95. The SMILES string of the molecule is COC(=O)CC(CN)c1ccc(O)c(F)c1. The van der Waals surface area contributed by atoms with Crippen LogP contribution in [0.1, 0.15) is 17.9 Å². The van der Waals surface area contributed by atoms with Crippen LogP contribution < -0.4 is 5.73 Å². The molecule has 0 radical (unpaired) electrons. The van der Waals surface area contributed by atoms with E-state index >= 15 is 0 Å². The van der Waals surface area contributed by atoms with Crippen LogP contribution in [0.15, 0.2) is 18.2 Å². The first-order valence-electron chi connectivity index (χ1n) is 4.83. The van der Waals surface area contributed by atoms with Gasteiger partial charge in [0.05, 0.1) is 13.5 Å². The molecule has 1 aromatic rings. The number of rotatable bonds is 4. The Bertz CT molecular complexity index is 381. The van der Waals surface area contributed by atoms with E-state index in [1.54, 1.807) is 6.07 Å². The van der Waals surface area contributed by atoms with Gasteiger partial charge in [0.25, 0.3) is 0 Å². The number of ether oxygens (including phenoxy) is 1. The lowest BCUT2D eigenvalue weighted by Crippen LogP contribution is -2.17. The summed E-state index contributed by atoms with van der Waals surface area (Å²) in [6.07, 6.45) is 0.0945. The van der Waals surface area contributed by atoms with E-state index in [4.69, 9.17) is 10.8 Å². The number of benzene rings is 1. The zero-order valence-corrected chi connectivity index (χ0v) is 8.94. The third-order valence-electron chi connectivity index (χ3n) is 2.37. The Labute approximate surface area is 92.8 Å². The first kappa shape index (κ1) is 12.4. The molecule has 1 aromatic carbocycles. The van der Waals surface area contributed by atoms with Gasteiger partial charge in [-0.25, -0.2) is 4.39 Å². The fourth-order valence-electron chi connectivity index (χ4n) is 1.40. The zero-order chi connectivity index (χ0) is 12.1. The van der Waals surface area contributed by atoms with Crippen molar-refractivity contribution < 1.29 is 19.0 Å². The molecule has 5 heteroatoms. The summed E-state index contributed by atoms with van der Waals surface area (Å²) in [5.74, 6) is -1.84. The van der Waals surface area contributed by atoms with Crippen molar-refractivity contribution in [2.75, 3.05) is 13.7 Å². The molecular weight excluding hydrogens is 213 g/mol. The standard InChI is InChI=1S/C11H14FNO3/c1-16-11(15)5-8(6-13)7-2-3-10(14)9(12)4-7/h2-4,8,14H,5-6,13H2,1H3. The smallest absolute Gasteiger partial charge is 0.306 e. The molecule has 0 aliphatic heterocycles. The molecule has 0 aromatic heterocycles. The Morgan fingerprint density at radius 3 is 2.81 bits per heavy atom. The van der Waals surface area contributed by atoms with Gasteiger partial charge in [-0.15, -0.1) is 0 Å². The molecule has 0 bridgehead atoms. The van der Waals surface area contributed by atoms with E-state index < -0.39 is 17.5 Å². The van der Waals surface area contributed by atoms with Crippen LogP contribution in [0, 0.1) is 5.82 Å². The normalized spacial score (nSPS) is 12.2. The Balaban J connectivity index is 2.86. The van der Waals surface area contributed by atoms with Crippen LogP contribution in [0.25, 0.3) is 0 Å². The number of esters is 1. The maximum Gasteiger partial charge on any atom is 0.306 e. The number of nitrogens with two attached hydrogens (primary N) is 1. The number of hydrogen-bond acceptors (Lipinski definition) is 4. The molecule has 0 fully saturated rings. The van der Waals surface area contributed by atoms with Gasteiger partial charge in [0.15, 0.2) is 11.6 Å². The highest BCUT2D eigenvalue weighted by atomic mass is 19.1. The van der Waals surface area contributed by atoms with Gasteiger partial charge in [-0.3, -0.25) is 4.79 Å². The topological polar surface area (TPSA) is 72.5 Å². The lowest BCUT2D eigenvalue weighted by molar-refractivity contribution is -0.141. The molecule has 1 rings (SSSR count). The zero-order valence-electron chi connectivity index (χ0n) is 8.94. The van der Waals surface area contributed by atoms with Crippen molar-refractivity contribution in [3.05, 3.63) is 29.6 Å². The molecule has 0 spiro atoms. The average molecular weight is 227 g/mol. The number of methoxy groups -OCH3 is 1. The van der Waals surface area contributed by atoms with E-state index in [9.17, 15) is 9.18 Å². The number of halogens is 1. The van der Waals surface area contributed by atoms with Crippen LogP contribution in [0.2, 0.25) is 0 Å². The fraction of sp³-hybridized carbons (Fsp3) is 0.364. The van der Waals surface area contributed by atoms with E-state index in [0.717, 1.165) is 0 Å². The number of aromatic hydroxyl groups is 1. The molecule has 0 amide bonds. The molecular formula is C11H14FNO3. The van der Waals surface area contributed by atoms with Gasteiger partial charge in [0.1, 0.15) is 0 Å². The second kappa shape index (κ2) is 5.46. The summed E-state index contributed by atoms with van der Waals surface area (Å²) in [6, 6.07) is 3.96. The molecule has 88 valence electrons. The second-order valence-electron chi connectivity index (χ2n) is 3.42. The Morgan fingerprint density at radius 2 is 2.31 bits per heavy atom. The molecule has 0 saturated heterocycles. The first-order valence-corrected chi connectivity index (χ1v) is 4.83. The van der Waals surface area contributed by atoms with E-state index in [0.29, 0.717) is 5.56 Å². The quantitative estimate of drug-likeness (QED) is 0.756. The maximum atomic E-state index is 13.1. The lowest BCUT2D eigenvalue weighted by Gasteiger charge is -2.14. The first-order chi connectivity index (χ1) is 7.58. The van der Waals surface area contributed by atoms with Crippen molar-refractivity contribution in [1.29, 1.82) is 0 Å². The second-order valence-corrected chi connectivity index (χ2v) is 3.42. The Hall–Kier alpha value is -1.62. The van der Waals surface area contributed by atoms with Gasteiger partial charge >= 0.3 is 5.97 Å². The van der Waals surface area contributed by atoms with Crippen LogP contribution in [0.3, 0.4) is 0 Å². The van der Waals surface area contributed by atoms with Crippen LogP contribution in [-0.2, 0) is 9.53 Å². The van der Waals surface area contributed by atoms with Crippen LogP contribution in [0.4, 0.5) is 4.39 Å². The molecule has 16 heavy (non-hydrogen) atoms. The van der Waals surface area contributed by atoms with Crippen molar-refractivity contribution in [2.24, 2.45) is 5.73 Å². The summed E-state index contributed by atoms with van der Waals surface area (Å²) < 4.78 is 17.6. The molecule has 1 atom stereocenters. The minimum Gasteiger partial charge on any atom is -0.505 e. The predicted molar refractivity (Wildman–Crippen MR) is 56.5 cm³/mol. The largest absolute Gasteiger partial charge is 0.505 e. The van der Waals surface area contributed by atoms with Gasteiger partial charge in [0, 0.05) is 5.92 Å². The Kier molecular flexibility index (Phi) is 4.25. The summed E-state index contributed by atoms with van der Waals surface area (Å²) >= 11 is 0. The molecule has 3 N–H and O–H groups in total. The number of carbonyl (C=O) groups is 1. The van der Waals surface area contributed by atoms with Crippen molar-refractivity contribution in [1.82, 2.24) is 0 Å². The van der Waals surface area contributed by atoms with Crippen molar-refractivity contribution in [3.8, 4) is 5.75 Å². The number of carbonyl (C=O) groups excluding carboxylic acids is 1. The molecule has 0 heterocycles. The number of hydrogen-bond donors (Lipinski definition) is 2. The summed E-state index contributed by atoms with van der Waals surface area (Å²) in [6.45, 7) is 0.208. The molecule has 0 aliphatic rings. The van der Waals surface area contributed by atoms with Crippen molar-refractivity contribution in [3.63, 3.8) is 0 Å². The highest BCUT2D eigenvalue weighted by Crippen LogP contribution is 2.24. The highest BCUT2D eigenvalue weighted by molar-refractivity contribution is 5.70. The van der Waals surface area contributed by atoms with E-state index in [1.165, 1.54) is 19.2 Å². The highest BCUT2D eigenvalue weighted by Gasteiger charge is 2.16. The van der Waals surface area contributed by atoms with Gasteiger partial charge in [0.2, 0.25) is 0 Å². The van der Waals surface area contributed by atoms with Crippen molar-refractivity contribution in [2.45, 2.75) is 12.3 Å². The third kappa shape index (κ3) is 2.93. The van der Waals surface area contributed by atoms with E-state index in [1.807, 2.05) is 0 Å². The summed E-state index contributed by atoms with van der Waals surface area (Å²) in [4.78, 5) is 11.1. The monoisotopic (exact) mass is 227 g/mol. The molecule has 0 saturated carbocycles. The minimum absolute atomic E-state index is 0.0945. The van der Waals surface area contributed by atoms with Crippen LogP contribution in [0.5, 0.6) is 5.75 Å². The average Bonchev–Trinajstić information content (AvgIpc) is 2.29. The number of phenolic OH excluding ortho intramolecular Hbond substituents is 1. The third-order valence-corrected chi connectivity index (χ3v) is 2.37. The Morgan fingerprint density at radius 1 is 1.62 bits per heavy atom. The molecule has 4 nitrogen and oxygen atoms in total. The van der Waals surface area contributed by atoms with Gasteiger partial charge < -0.3 is 15.6 Å². The van der Waals surface area contributed by atoms with Crippen LogP contribution >= 0.6 is 0 Å². The predicted octanol–water partition coefficient (Wildman–Crippen LogP) is 1.14. The number of phenols is 1. The summed E-state index contributed by atoms with van der Waals surface area (Å²) in [7, 11) is 1.29. The van der Waals surface area contributed by atoms with Gasteiger partial charge in [-0.2, -0.15) is 0 Å². The minimum atomic E-state index is -0.721. The molecule has 0 aliphatic carbocycles. The summed E-state index contributed by atoms with van der Waals surface area (Å²) in [5.41, 5.74) is 6.08. The van der Waals surface area contributed by atoms with Gasteiger partial charge in [-0.05, 0) is 24.2 Å². The maximum absolute atomic E-state index is 13.1. The van der Waals surface area contributed by atoms with Crippen LogP contribution in [-0.4, -0.2) is 24.7 Å². The van der Waals surface area contributed by atoms with Gasteiger partial charge in [-0.1, -0.05) is 6.07 Å². The molecule has 1 unspecified atom stereocenters.